The zero-order valence-electron chi connectivity index (χ0n) is 8.17. The number of H-pyrrole nitrogens is 1. The van der Waals surface area contributed by atoms with Crippen LogP contribution in [0.3, 0.4) is 0 Å². The van der Waals surface area contributed by atoms with E-state index in [1.165, 1.54) is 23.7 Å². The van der Waals surface area contributed by atoms with Gasteiger partial charge in [-0.1, -0.05) is 12.2 Å². The van der Waals surface area contributed by atoms with Crippen LogP contribution in [0.1, 0.15) is 6.42 Å². The maximum atomic E-state index is 11.8. The van der Waals surface area contributed by atoms with Gasteiger partial charge in [0.25, 0.3) is 0 Å². The highest BCUT2D eigenvalue weighted by molar-refractivity contribution is 7.89. The van der Waals surface area contributed by atoms with Gasteiger partial charge in [0.2, 0.25) is 10.0 Å². The van der Waals surface area contributed by atoms with E-state index < -0.39 is 10.0 Å². The average molecular weight is 248 g/mol. The zero-order chi connectivity index (χ0) is 11.5. The summed E-state index contributed by atoms with van der Waals surface area (Å²) in [5.41, 5.74) is 5.29. The molecule has 3 N–H and O–H groups in total. The molecule has 1 aromatic heterocycles. The summed E-state index contributed by atoms with van der Waals surface area (Å²) < 4.78 is 24.8. The minimum Gasteiger partial charge on any atom is -0.393 e. The van der Waals surface area contributed by atoms with Crippen LogP contribution >= 0.6 is 12.2 Å². The lowest BCUT2D eigenvalue weighted by Gasteiger charge is -2.15. The van der Waals surface area contributed by atoms with Crippen LogP contribution in [0.2, 0.25) is 0 Å². The number of nitrogens with two attached hydrogens (primary N) is 1. The molecule has 0 fully saturated rings. The molecule has 1 heterocycles. The van der Waals surface area contributed by atoms with Gasteiger partial charge in [0.15, 0.2) is 0 Å². The third-order valence-corrected chi connectivity index (χ3v) is 3.88. The summed E-state index contributed by atoms with van der Waals surface area (Å²) in [5, 5.41) is 6.03. The summed E-state index contributed by atoms with van der Waals surface area (Å²) in [6.07, 6.45) is 2.95. The maximum absolute atomic E-state index is 11.8. The number of hydrogen-bond acceptors (Lipinski definition) is 4. The van der Waals surface area contributed by atoms with E-state index in [1.54, 1.807) is 0 Å². The minimum atomic E-state index is -3.47. The quantitative estimate of drug-likeness (QED) is 0.698. The Morgan fingerprint density at radius 2 is 2.40 bits per heavy atom. The van der Waals surface area contributed by atoms with Crippen molar-refractivity contribution in [3.63, 3.8) is 0 Å². The fourth-order valence-corrected chi connectivity index (χ4v) is 2.12. The fourth-order valence-electron chi connectivity index (χ4n) is 0.948. The van der Waals surface area contributed by atoms with Crippen LogP contribution in [-0.2, 0) is 10.0 Å². The van der Waals surface area contributed by atoms with Gasteiger partial charge in [0.05, 0.1) is 11.2 Å². The van der Waals surface area contributed by atoms with E-state index >= 15 is 0 Å². The van der Waals surface area contributed by atoms with E-state index in [1.807, 2.05) is 0 Å². The van der Waals surface area contributed by atoms with Crippen molar-refractivity contribution >= 4 is 27.2 Å². The van der Waals surface area contributed by atoms with Crippen LogP contribution in [0.25, 0.3) is 0 Å². The Kier molecular flexibility index (Phi) is 3.77. The lowest BCUT2D eigenvalue weighted by molar-refractivity contribution is 0.479. The Morgan fingerprint density at radius 1 is 1.73 bits per heavy atom. The third kappa shape index (κ3) is 2.98. The van der Waals surface area contributed by atoms with E-state index in [9.17, 15) is 8.42 Å². The van der Waals surface area contributed by atoms with Crippen molar-refractivity contribution in [3.05, 3.63) is 12.4 Å². The number of rotatable bonds is 5. The van der Waals surface area contributed by atoms with E-state index in [-0.39, 0.29) is 11.4 Å². The van der Waals surface area contributed by atoms with Gasteiger partial charge in [-0.2, -0.15) is 5.10 Å². The molecule has 0 amide bonds. The van der Waals surface area contributed by atoms with Crippen molar-refractivity contribution in [1.82, 2.24) is 14.5 Å². The highest BCUT2D eigenvalue weighted by Gasteiger charge is 2.21. The third-order valence-electron chi connectivity index (χ3n) is 1.85. The molecule has 0 radical (unpaired) electrons. The van der Waals surface area contributed by atoms with Crippen LogP contribution in [0, 0.1) is 0 Å². The molecule has 0 aliphatic rings. The Morgan fingerprint density at radius 3 is 2.87 bits per heavy atom. The number of aromatic amines is 1. The smallest absolute Gasteiger partial charge is 0.245 e. The molecule has 0 atom stereocenters. The van der Waals surface area contributed by atoms with E-state index in [4.69, 9.17) is 5.73 Å². The van der Waals surface area contributed by atoms with Gasteiger partial charge >= 0.3 is 0 Å². The first kappa shape index (κ1) is 12.1. The van der Waals surface area contributed by atoms with Crippen LogP contribution in [-0.4, -0.2) is 41.5 Å². The van der Waals surface area contributed by atoms with Gasteiger partial charge < -0.3 is 5.73 Å². The molecule has 8 heteroatoms. The number of nitrogens with zero attached hydrogens (tertiary/aromatic N) is 2. The Hall–Kier alpha value is -0.990. The molecule has 84 valence electrons. The second-order valence-corrected chi connectivity index (χ2v) is 5.55. The Balaban J connectivity index is 2.75. The summed E-state index contributed by atoms with van der Waals surface area (Å²) in [6.45, 7) is 0.267. The molecule has 0 unspecified atom stereocenters. The van der Waals surface area contributed by atoms with Crippen molar-refractivity contribution in [2.24, 2.45) is 5.73 Å². The monoisotopic (exact) mass is 248 g/mol. The summed E-state index contributed by atoms with van der Waals surface area (Å²) >= 11 is 4.67. The van der Waals surface area contributed by atoms with Crippen LogP contribution in [0.15, 0.2) is 17.3 Å². The highest BCUT2D eigenvalue weighted by atomic mass is 32.2. The molecule has 1 aromatic rings. The summed E-state index contributed by atoms with van der Waals surface area (Å²) in [4.78, 5) is 0.428. The second kappa shape index (κ2) is 4.69. The van der Waals surface area contributed by atoms with Crippen molar-refractivity contribution in [2.45, 2.75) is 11.3 Å². The average Bonchev–Trinajstić information content (AvgIpc) is 2.66. The molecule has 0 aromatic carbocycles. The predicted molar refractivity (Wildman–Crippen MR) is 59.8 cm³/mol. The van der Waals surface area contributed by atoms with Gasteiger partial charge in [-0.15, -0.1) is 0 Å². The molecule has 0 bridgehead atoms. The second-order valence-electron chi connectivity index (χ2n) is 2.98. The van der Waals surface area contributed by atoms with Crippen molar-refractivity contribution < 1.29 is 8.42 Å². The molecular weight excluding hydrogens is 236 g/mol. The molecule has 15 heavy (non-hydrogen) atoms. The molecule has 0 spiro atoms. The first-order valence-electron chi connectivity index (χ1n) is 4.18. The lowest BCUT2D eigenvalue weighted by Crippen LogP contribution is -2.29. The number of hydrogen-bond donors (Lipinski definition) is 2. The van der Waals surface area contributed by atoms with Gasteiger partial charge in [-0.25, -0.2) is 12.7 Å². The maximum Gasteiger partial charge on any atom is 0.245 e. The fraction of sp³-hybridized carbons (Fsp3) is 0.429. The number of nitrogens with one attached hydrogen (secondary N) is 1. The van der Waals surface area contributed by atoms with E-state index in [0.29, 0.717) is 11.4 Å². The minimum absolute atomic E-state index is 0.132. The van der Waals surface area contributed by atoms with Crippen molar-refractivity contribution in [2.75, 3.05) is 13.6 Å². The number of thiocarbonyl (C=S) groups is 1. The van der Waals surface area contributed by atoms with Crippen molar-refractivity contribution in [3.8, 4) is 0 Å². The van der Waals surface area contributed by atoms with E-state index in [2.05, 4.69) is 22.4 Å². The molecule has 0 aliphatic heterocycles. The molecule has 0 saturated heterocycles. The number of aromatic nitrogens is 2. The van der Waals surface area contributed by atoms with Gasteiger partial charge in [-0.05, 0) is 0 Å². The standard InChI is InChI=1S/C7H12N4O2S2/c1-11(3-2-7(8)14)15(12,13)6-4-9-10-5-6/h4-5H,2-3H2,1H3,(H2,8,14)(H,9,10). The Bertz CT molecular complexity index is 426. The van der Waals surface area contributed by atoms with Gasteiger partial charge in [-0.3, -0.25) is 5.10 Å². The zero-order valence-corrected chi connectivity index (χ0v) is 9.81. The first-order valence-corrected chi connectivity index (χ1v) is 6.03. The predicted octanol–water partition coefficient (Wildman–Crippen LogP) is -0.294. The largest absolute Gasteiger partial charge is 0.393 e. The van der Waals surface area contributed by atoms with Crippen LogP contribution in [0.4, 0.5) is 0 Å². The topological polar surface area (TPSA) is 92.1 Å². The lowest BCUT2D eigenvalue weighted by atomic mass is 10.4. The van der Waals surface area contributed by atoms with Crippen molar-refractivity contribution in [1.29, 1.82) is 0 Å². The molecule has 1 rings (SSSR count). The normalized spacial score (nSPS) is 11.9. The SMILES string of the molecule is CN(CCC(N)=S)S(=O)(=O)c1cn[nH]c1. The van der Waals surface area contributed by atoms with Crippen LogP contribution in [0.5, 0.6) is 0 Å². The summed E-state index contributed by atoms with van der Waals surface area (Å²) in [5.74, 6) is 0. The van der Waals surface area contributed by atoms with Gasteiger partial charge in [0, 0.05) is 26.2 Å². The first-order chi connectivity index (χ1) is 6.94. The molecular formula is C7H12N4O2S2. The molecule has 0 saturated carbocycles. The van der Waals surface area contributed by atoms with Gasteiger partial charge in [0.1, 0.15) is 4.90 Å². The highest BCUT2D eigenvalue weighted by Crippen LogP contribution is 2.11. The number of sulfonamides is 1. The molecule has 6 nitrogen and oxygen atoms in total. The molecule has 0 aliphatic carbocycles. The summed E-state index contributed by atoms with van der Waals surface area (Å²) in [6, 6.07) is 0. The Labute approximate surface area is 93.5 Å². The van der Waals surface area contributed by atoms with Crippen LogP contribution < -0.4 is 5.73 Å². The van der Waals surface area contributed by atoms with E-state index in [0.717, 1.165) is 0 Å². The summed E-state index contributed by atoms with van der Waals surface area (Å²) in [7, 11) is -1.99.